The first-order valence-electron chi connectivity index (χ1n) is 5.56. The van der Waals surface area contributed by atoms with E-state index in [2.05, 4.69) is 33.8 Å². The van der Waals surface area contributed by atoms with Crippen LogP contribution in [0.1, 0.15) is 25.5 Å². The topological polar surface area (TPSA) is 225 Å². The van der Waals surface area contributed by atoms with Crippen LogP contribution in [-0.2, 0) is 29.9 Å². The van der Waals surface area contributed by atoms with E-state index in [-0.39, 0.29) is 28.0 Å². The number of imidazole rings is 2. The van der Waals surface area contributed by atoms with Crippen molar-refractivity contribution in [3.63, 3.8) is 0 Å². The fourth-order valence-electron chi connectivity index (χ4n) is 0.983. The summed E-state index contributed by atoms with van der Waals surface area (Å²) in [6.45, 7) is 4.14. The van der Waals surface area contributed by atoms with E-state index in [1.54, 1.807) is 12.4 Å². The van der Waals surface area contributed by atoms with Crippen molar-refractivity contribution in [2.45, 2.75) is 26.7 Å². The first-order chi connectivity index (χ1) is 9.69. The zero-order chi connectivity index (χ0) is 15.6. The third kappa shape index (κ3) is 25.0. The van der Waals surface area contributed by atoms with Crippen LogP contribution in [0.15, 0.2) is 35.5 Å². The van der Waals surface area contributed by atoms with Crippen molar-refractivity contribution >= 4 is 0 Å². The Balaban J connectivity index is -0.0000000645. The van der Waals surface area contributed by atoms with Crippen LogP contribution in [0.3, 0.4) is 0 Å². The minimum atomic E-state index is 0. The summed E-state index contributed by atoms with van der Waals surface area (Å²) < 4.78 is 0. The Bertz CT molecular complexity index is 373. The maximum absolute atomic E-state index is 8.00. The molecule has 0 aliphatic carbocycles. The molecule has 0 unspecified atom stereocenters. The molecule has 0 aromatic carbocycles. The molecule has 0 amide bonds. The van der Waals surface area contributed by atoms with Gasteiger partial charge in [-0.3, -0.25) is 0 Å². The van der Waals surface area contributed by atoms with E-state index in [0.717, 1.165) is 35.2 Å². The molecule has 6 N–H and O–H groups in total. The van der Waals surface area contributed by atoms with E-state index in [1.807, 2.05) is 12.4 Å². The fraction of sp³-hybridized carbons (Fsp3) is 0.400. The standard InChI is InChI=1S/2C5H8N2.Cu.2HNO2.2H2O/c2*1-2-5-6-3-4-7-5;;2*2-1-3;;/h2*3-4H,2H2,1H3,(H,6,7);;2*(H,2,3);2*1H2/q;;+2;;;;/p-2. The number of aromatic amines is 2. The van der Waals surface area contributed by atoms with E-state index in [9.17, 15) is 0 Å². The quantitative estimate of drug-likeness (QED) is 0.432. The van der Waals surface area contributed by atoms with Gasteiger partial charge < -0.3 is 41.1 Å². The minimum absolute atomic E-state index is 0. The Morgan fingerprint density at radius 3 is 1.26 bits per heavy atom. The van der Waals surface area contributed by atoms with E-state index < -0.39 is 0 Å². The van der Waals surface area contributed by atoms with Gasteiger partial charge >= 0.3 is 17.1 Å². The molecule has 2 rings (SSSR count). The number of nitrogens with zero attached hydrogens (tertiary/aromatic N) is 4. The van der Waals surface area contributed by atoms with Crippen molar-refractivity contribution in [2.75, 3.05) is 0 Å². The summed E-state index contributed by atoms with van der Waals surface area (Å²) >= 11 is 0. The summed E-state index contributed by atoms with van der Waals surface area (Å²) in [6, 6.07) is 0. The van der Waals surface area contributed by atoms with Crippen molar-refractivity contribution < 1.29 is 28.0 Å². The van der Waals surface area contributed by atoms with Crippen molar-refractivity contribution in [1.29, 1.82) is 0 Å². The number of nitrogens with one attached hydrogen (secondary N) is 2. The Labute approximate surface area is 142 Å². The largest absolute Gasteiger partial charge is 2.00 e. The van der Waals surface area contributed by atoms with Gasteiger partial charge in [0.1, 0.15) is 11.6 Å². The van der Waals surface area contributed by atoms with Crippen LogP contribution >= 0.6 is 0 Å². The zero-order valence-corrected chi connectivity index (χ0v) is 13.4. The summed E-state index contributed by atoms with van der Waals surface area (Å²) in [6.07, 6.45) is 9.18. The fourth-order valence-corrected chi connectivity index (χ4v) is 0.983. The van der Waals surface area contributed by atoms with Gasteiger partial charge in [0.2, 0.25) is 0 Å². The molecule has 0 aliphatic rings. The molecule has 0 spiro atoms. The first kappa shape index (κ1) is 32.6. The Morgan fingerprint density at radius 2 is 1.17 bits per heavy atom. The van der Waals surface area contributed by atoms with Gasteiger partial charge in [-0.15, -0.1) is 10.7 Å². The van der Waals surface area contributed by atoms with Gasteiger partial charge in [-0.05, 0) is 0 Å². The molecule has 23 heavy (non-hydrogen) atoms. The van der Waals surface area contributed by atoms with Gasteiger partial charge in [-0.25, -0.2) is 9.97 Å². The molecule has 2 heterocycles. The van der Waals surface area contributed by atoms with E-state index >= 15 is 0 Å². The molecule has 2 aromatic rings. The monoisotopic (exact) mass is 383 g/mol. The molecule has 0 atom stereocenters. The third-order valence-corrected chi connectivity index (χ3v) is 1.78. The number of H-pyrrole nitrogens is 2. The maximum atomic E-state index is 8.00. The molecule has 0 saturated carbocycles. The smallest absolute Gasteiger partial charge is 0.444 e. The molecule has 1 radical (unpaired) electrons. The number of rotatable bonds is 2. The average Bonchev–Trinajstić information content (AvgIpc) is 3.14. The first-order valence-corrected chi connectivity index (χ1v) is 5.56. The van der Waals surface area contributed by atoms with Crippen LogP contribution in [0.4, 0.5) is 0 Å². The summed E-state index contributed by atoms with van der Waals surface area (Å²) in [4.78, 5) is 29.9. The molecule has 0 bridgehead atoms. The summed E-state index contributed by atoms with van der Waals surface area (Å²) in [5.74, 6) is 2.11. The van der Waals surface area contributed by atoms with Crippen molar-refractivity contribution in [3.8, 4) is 0 Å². The average molecular weight is 384 g/mol. The van der Waals surface area contributed by atoms with E-state index in [4.69, 9.17) is 20.2 Å². The van der Waals surface area contributed by atoms with Crippen molar-refractivity contribution in [3.05, 3.63) is 56.7 Å². The van der Waals surface area contributed by atoms with Crippen LogP contribution in [0.25, 0.3) is 0 Å². The normalized spacial score (nSPS) is 6.70. The van der Waals surface area contributed by atoms with Gasteiger partial charge in [0.05, 0.1) is 0 Å². The summed E-state index contributed by atoms with van der Waals surface area (Å²) in [5, 5.41) is 18.0. The van der Waals surface area contributed by atoms with Gasteiger partial charge in [-0.1, -0.05) is 13.8 Å². The third-order valence-electron chi connectivity index (χ3n) is 1.78. The molecule has 0 saturated heterocycles. The summed E-state index contributed by atoms with van der Waals surface area (Å²) in [7, 11) is 0. The Morgan fingerprint density at radius 1 is 0.913 bits per heavy atom. The Kier molecular flexibility index (Phi) is 39.5. The number of hydrogen-bond acceptors (Lipinski definition) is 8. The number of hydrogen-bond donors (Lipinski definition) is 2. The molecule has 13 heteroatoms. The molecule has 0 fully saturated rings. The van der Waals surface area contributed by atoms with Crippen LogP contribution in [0, 0.1) is 20.2 Å². The number of aryl methyl sites for hydroxylation is 2. The maximum Gasteiger partial charge on any atom is 2.00 e. The van der Waals surface area contributed by atoms with Gasteiger partial charge in [0, 0.05) is 37.6 Å². The molecule has 137 valence electrons. The predicted molar refractivity (Wildman–Crippen MR) is 81.5 cm³/mol. The molecule has 2 aromatic heterocycles. The predicted octanol–water partition coefficient (Wildman–Crippen LogP) is 0.793. The molecular formula is C10H20CuN6O6. The second-order valence-electron chi connectivity index (χ2n) is 2.93. The van der Waals surface area contributed by atoms with Gasteiger partial charge in [0.25, 0.3) is 0 Å². The van der Waals surface area contributed by atoms with Crippen LogP contribution in [0.2, 0.25) is 0 Å². The van der Waals surface area contributed by atoms with Crippen molar-refractivity contribution in [1.82, 2.24) is 19.9 Å². The second kappa shape index (κ2) is 27.9. The van der Waals surface area contributed by atoms with Gasteiger partial charge in [-0.2, -0.15) is 0 Å². The molecular weight excluding hydrogens is 364 g/mol. The second-order valence-corrected chi connectivity index (χ2v) is 2.93. The zero-order valence-electron chi connectivity index (χ0n) is 12.4. The molecule has 0 aliphatic heterocycles. The minimum Gasteiger partial charge on any atom is -0.444 e. The molecule has 12 nitrogen and oxygen atoms in total. The number of aromatic nitrogens is 4. The van der Waals surface area contributed by atoms with Crippen LogP contribution < -0.4 is 0 Å². The van der Waals surface area contributed by atoms with Crippen molar-refractivity contribution in [2.24, 2.45) is 10.7 Å². The van der Waals surface area contributed by atoms with E-state index in [1.165, 1.54) is 0 Å². The SMILES string of the molecule is CCc1ncc[nH]1.CCc1ncc[nH]1.O.O.O=N[O-].O=N[O-].[Cu+2]. The summed E-state index contributed by atoms with van der Waals surface area (Å²) in [5.41, 5.74) is 0. The van der Waals surface area contributed by atoms with E-state index in [0.29, 0.717) is 0 Å². The van der Waals surface area contributed by atoms with Crippen LogP contribution in [0.5, 0.6) is 0 Å². The Hall–Kier alpha value is -2.34. The van der Waals surface area contributed by atoms with Crippen LogP contribution in [-0.4, -0.2) is 30.9 Å². The van der Waals surface area contributed by atoms with Gasteiger partial charge in [0.15, 0.2) is 0 Å².